The first-order chi connectivity index (χ1) is 11.9. The molecule has 4 heteroatoms. The molecule has 4 rings (SSSR count). The molecular formula is C20H25N3O. The van der Waals surface area contributed by atoms with E-state index in [-0.39, 0.29) is 0 Å². The van der Waals surface area contributed by atoms with Gasteiger partial charge in [0, 0.05) is 45.1 Å². The predicted octanol–water partition coefficient (Wildman–Crippen LogP) is 2.38. The van der Waals surface area contributed by atoms with E-state index in [9.17, 15) is 0 Å². The summed E-state index contributed by atoms with van der Waals surface area (Å²) in [5, 5.41) is 0. The van der Waals surface area contributed by atoms with Crippen LogP contribution in [0.25, 0.3) is 0 Å². The summed E-state index contributed by atoms with van der Waals surface area (Å²) in [5.74, 6) is 0. The summed E-state index contributed by atoms with van der Waals surface area (Å²) >= 11 is 0. The molecule has 2 fully saturated rings. The van der Waals surface area contributed by atoms with Gasteiger partial charge in [0.25, 0.3) is 0 Å². The van der Waals surface area contributed by atoms with Crippen LogP contribution in [-0.4, -0.2) is 60.2 Å². The number of rotatable bonds is 6. The molecule has 126 valence electrons. The Balaban J connectivity index is 1.32. The van der Waals surface area contributed by atoms with Crippen molar-refractivity contribution >= 4 is 0 Å². The predicted molar refractivity (Wildman–Crippen MR) is 94.9 cm³/mol. The first kappa shape index (κ1) is 15.8. The van der Waals surface area contributed by atoms with Gasteiger partial charge in [-0.25, -0.2) is 0 Å². The van der Waals surface area contributed by atoms with Gasteiger partial charge in [-0.15, -0.1) is 0 Å². The summed E-state index contributed by atoms with van der Waals surface area (Å²) in [6.45, 7) is 6.56. The second-order valence-electron chi connectivity index (χ2n) is 6.71. The van der Waals surface area contributed by atoms with Crippen LogP contribution in [0.2, 0.25) is 0 Å². The lowest BCUT2D eigenvalue weighted by molar-refractivity contribution is 0.0825. The Bertz CT molecular complexity index is 622. The van der Waals surface area contributed by atoms with Gasteiger partial charge in [-0.3, -0.25) is 9.88 Å². The van der Waals surface area contributed by atoms with Gasteiger partial charge in [-0.05, 0) is 29.7 Å². The first-order valence-corrected chi connectivity index (χ1v) is 8.92. The van der Waals surface area contributed by atoms with Crippen molar-refractivity contribution in [3.8, 4) is 0 Å². The zero-order valence-corrected chi connectivity index (χ0v) is 14.1. The average Bonchev–Trinajstić information content (AvgIpc) is 3.48. The van der Waals surface area contributed by atoms with Gasteiger partial charge in [-0.1, -0.05) is 30.3 Å². The zero-order chi connectivity index (χ0) is 16.2. The van der Waals surface area contributed by atoms with Gasteiger partial charge in [0.15, 0.2) is 0 Å². The number of epoxide rings is 1. The second kappa shape index (κ2) is 7.43. The molecule has 0 saturated carbocycles. The maximum absolute atomic E-state index is 5.65. The summed E-state index contributed by atoms with van der Waals surface area (Å²) in [7, 11) is 0. The summed E-state index contributed by atoms with van der Waals surface area (Å²) in [5.41, 5.74) is 2.77. The number of pyridine rings is 1. The Morgan fingerprint density at radius 3 is 2.38 bits per heavy atom. The van der Waals surface area contributed by atoms with Gasteiger partial charge in [0.1, 0.15) is 6.10 Å². The number of aromatic nitrogens is 1. The Hall–Kier alpha value is -1.75. The maximum Gasteiger partial charge on any atom is 0.101 e. The number of benzene rings is 1. The molecule has 2 aliphatic heterocycles. The van der Waals surface area contributed by atoms with E-state index in [1.165, 1.54) is 11.1 Å². The molecule has 1 aromatic carbocycles. The minimum atomic E-state index is 0.385. The molecule has 0 spiro atoms. The van der Waals surface area contributed by atoms with E-state index in [0.29, 0.717) is 12.1 Å². The molecule has 2 unspecified atom stereocenters. The van der Waals surface area contributed by atoms with Crippen molar-refractivity contribution < 1.29 is 4.74 Å². The van der Waals surface area contributed by atoms with Crippen molar-refractivity contribution in [1.29, 1.82) is 0 Å². The van der Waals surface area contributed by atoms with Crippen LogP contribution < -0.4 is 0 Å². The molecule has 0 bridgehead atoms. The van der Waals surface area contributed by atoms with Crippen LogP contribution in [0.1, 0.15) is 17.2 Å². The highest BCUT2D eigenvalue weighted by Crippen LogP contribution is 2.33. The van der Waals surface area contributed by atoms with Crippen molar-refractivity contribution in [2.24, 2.45) is 0 Å². The van der Waals surface area contributed by atoms with Crippen LogP contribution in [-0.2, 0) is 11.2 Å². The quantitative estimate of drug-likeness (QED) is 0.764. The molecular weight excluding hydrogens is 298 g/mol. The highest BCUT2D eigenvalue weighted by Gasteiger charge is 2.38. The molecule has 0 N–H and O–H groups in total. The van der Waals surface area contributed by atoms with Gasteiger partial charge < -0.3 is 9.64 Å². The summed E-state index contributed by atoms with van der Waals surface area (Å²) < 4.78 is 5.65. The van der Waals surface area contributed by atoms with Crippen molar-refractivity contribution in [3.63, 3.8) is 0 Å². The molecule has 24 heavy (non-hydrogen) atoms. The van der Waals surface area contributed by atoms with E-state index >= 15 is 0 Å². The lowest BCUT2D eigenvalue weighted by Gasteiger charge is -2.39. The number of piperazine rings is 1. The van der Waals surface area contributed by atoms with E-state index in [1.54, 1.807) is 0 Å². The minimum Gasteiger partial charge on any atom is -0.371 e. The van der Waals surface area contributed by atoms with E-state index in [4.69, 9.17) is 4.74 Å². The second-order valence-corrected chi connectivity index (χ2v) is 6.71. The molecule has 4 nitrogen and oxygen atoms in total. The van der Waals surface area contributed by atoms with E-state index in [2.05, 4.69) is 57.2 Å². The first-order valence-electron chi connectivity index (χ1n) is 8.92. The topological polar surface area (TPSA) is 31.9 Å². The fraction of sp³-hybridized carbons (Fsp3) is 0.450. The summed E-state index contributed by atoms with van der Waals surface area (Å²) in [6, 6.07) is 15.5. The smallest absolute Gasteiger partial charge is 0.101 e. The summed E-state index contributed by atoms with van der Waals surface area (Å²) in [4.78, 5) is 9.27. The molecule has 1 aromatic heterocycles. The third-order valence-corrected chi connectivity index (χ3v) is 5.12. The van der Waals surface area contributed by atoms with E-state index < -0.39 is 0 Å². The number of hydrogen-bond acceptors (Lipinski definition) is 4. The minimum absolute atomic E-state index is 0.385. The number of hydrogen-bond donors (Lipinski definition) is 0. The van der Waals surface area contributed by atoms with Crippen LogP contribution >= 0.6 is 0 Å². The van der Waals surface area contributed by atoms with E-state index in [1.807, 2.05) is 12.4 Å². The molecule has 2 aromatic rings. The Kier molecular flexibility index (Phi) is 4.88. The Morgan fingerprint density at radius 2 is 1.71 bits per heavy atom. The summed E-state index contributed by atoms with van der Waals surface area (Å²) in [6.07, 6.45) is 5.26. The van der Waals surface area contributed by atoms with Crippen LogP contribution in [0.15, 0.2) is 54.9 Å². The highest BCUT2D eigenvalue weighted by molar-refractivity contribution is 5.22. The van der Waals surface area contributed by atoms with E-state index in [0.717, 1.165) is 45.8 Å². The van der Waals surface area contributed by atoms with Crippen molar-refractivity contribution in [3.05, 3.63) is 66.0 Å². The van der Waals surface area contributed by atoms with Crippen molar-refractivity contribution in [1.82, 2.24) is 14.8 Å². The fourth-order valence-corrected chi connectivity index (χ4v) is 3.65. The molecule has 0 radical (unpaired) electrons. The van der Waals surface area contributed by atoms with Crippen LogP contribution in [0.5, 0.6) is 0 Å². The lowest BCUT2D eigenvalue weighted by atomic mass is 10.0. The maximum atomic E-state index is 5.65. The Labute approximate surface area is 144 Å². The fourth-order valence-electron chi connectivity index (χ4n) is 3.65. The van der Waals surface area contributed by atoms with Gasteiger partial charge in [0.2, 0.25) is 0 Å². The highest BCUT2D eigenvalue weighted by atomic mass is 16.6. The van der Waals surface area contributed by atoms with Crippen LogP contribution in [0.4, 0.5) is 0 Å². The third-order valence-electron chi connectivity index (χ3n) is 5.12. The van der Waals surface area contributed by atoms with Gasteiger partial charge >= 0.3 is 0 Å². The molecule has 2 aliphatic rings. The van der Waals surface area contributed by atoms with Crippen LogP contribution in [0.3, 0.4) is 0 Å². The van der Waals surface area contributed by atoms with Crippen molar-refractivity contribution in [2.75, 3.05) is 39.3 Å². The molecule has 0 amide bonds. The largest absolute Gasteiger partial charge is 0.371 e. The number of ether oxygens (including phenoxy) is 1. The van der Waals surface area contributed by atoms with Crippen molar-refractivity contribution in [2.45, 2.75) is 18.6 Å². The standard InChI is InChI=1S/C20H25N3O/c1-2-4-18(5-3-1)20(19-16-24-19)23-14-12-22(13-15-23)11-8-17-6-9-21-10-7-17/h1-7,9-10,19-20H,8,11-16H2. The molecule has 0 aliphatic carbocycles. The average molecular weight is 323 g/mol. The van der Waals surface area contributed by atoms with Gasteiger partial charge in [-0.2, -0.15) is 0 Å². The zero-order valence-electron chi connectivity index (χ0n) is 14.1. The third kappa shape index (κ3) is 3.83. The lowest BCUT2D eigenvalue weighted by Crippen LogP contribution is -2.49. The van der Waals surface area contributed by atoms with Crippen LogP contribution in [0, 0.1) is 0 Å². The molecule has 2 saturated heterocycles. The SMILES string of the molecule is c1ccc(C(C2CO2)N2CCN(CCc3ccncc3)CC2)cc1. The number of nitrogens with zero attached hydrogens (tertiary/aromatic N) is 3. The molecule has 2 atom stereocenters. The monoisotopic (exact) mass is 323 g/mol. The normalized spacial score (nSPS) is 23.1. The van der Waals surface area contributed by atoms with Gasteiger partial charge in [0.05, 0.1) is 12.6 Å². The molecule has 3 heterocycles. The Morgan fingerprint density at radius 1 is 1.00 bits per heavy atom.